The van der Waals surface area contributed by atoms with E-state index in [0.717, 1.165) is 19.8 Å². The Morgan fingerprint density at radius 3 is 2.62 bits per heavy atom. The molecule has 0 amide bonds. The molecule has 0 aromatic rings. The molecule has 2 aliphatic heterocycles. The van der Waals surface area contributed by atoms with Gasteiger partial charge in [0.2, 0.25) is 0 Å². The van der Waals surface area contributed by atoms with Crippen molar-refractivity contribution < 1.29 is 4.74 Å². The molecule has 0 aromatic heterocycles. The van der Waals surface area contributed by atoms with Crippen molar-refractivity contribution in [2.24, 2.45) is 5.41 Å². The summed E-state index contributed by atoms with van der Waals surface area (Å²) in [6, 6.07) is 0. The van der Waals surface area contributed by atoms with Crippen molar-refractivity contribution in [1.82, 2.24) is 4.90 Å². The van der Waals surface area contributed by atoms with Crippen molar-refractivity contribution >= 4 is 0 Å². The van der Waals surface area contributed by atoms with Crippen LogP contribution in [0.1, 0.15) is 19.8 Å². The number of ether oxygens (including phenoxy) is 1. The largest absolute Gasteiger partial charge is 0.381 e. The first-order valence-corrected chi connectivity index (χ1v) is 5.04. The van der Waals surface area contributed by atoms with E-state index in [1.165, 1.54) is 25.9 Å². The maximum atomic E-state index is 5.37. The molecule has 0 saturated carbocycles. The van der Waals surface area contributed by atoms with Crippen LogP contribution >= 0.6 is 0 Å². The molecule has 2 fully saturated rings. The number of likely N-dealkylation sites (tertiary alicyclic amines) is 1. The third-order valence-corrected chi connectivity index (χ3v) is 3.15. The molecule has 1 spiro atoms. The highest BCUT2D eigenvalue weighted by Gasteiger charge is 2.43. The summed E-state index contributed by atoms with van der Waals surface area (Å²) in [4.78, 5) is 2.43. The zero-order valence-corrected chi connectivity index (χ0v) is 8.31. The predicted octanol–water partition coefficient (Wildman–Crippen LogP) is 1.12. The Bertz CT molecular complexity index is 224. The van der Waals surface area contributed by atoms with Gasteiger partial charge in [-0.05, 0) is 19.8 Å². The van der Waals surface area contributed by atoms with E-state index in [1.54, 1.807) is 0 Å². The number of hydrogen-bond donors (Lipinski definition) is 0. The Hall–Kier alpha value is -0.520. The van der Waals surface area contributed by atoms with Gasteiger partial charge in [0.05, 0.1) is 6.54 Å². The SMILES string of the molecule is CC#CCN1CC2(CCOCC2)C1. The molecule has 13 heavy (non-hydrogen) atoms. The molecule has 2 aliphatic rings. The third-order valence-electron chi connectivity index (χ3n) is 3.15. The molecule has 0 unspecified atom stereocenters. The molecule has 2 nitrogen and oxygen atoms in total. The normalized spacial score (nSPS) is 26.2. The summed E-state index contributed by atoms with van der Waals surface area (Å²) in [5, 5.41) is 0. The van der Waals surface area contributed by atoms with E-state index in [0.29, 0.717) is 5.41 Å². The van der Waals surface area contributed by atoms with Gasteiger partial charge >= 0.3 is 0 Å². The van der Waals surface area contributed by atoms with Gasteiger partial charge in [-0.15, -0.1) is 5.92 Å². The van der Waals surface area contributed by atoms with Crippen LogP contribution in [0, 0.1) is 17.3 Å². The molecule has 2 heterocycles. The topological polar surface area (TPSA) is 12.5 Å². The van der Waals surface area contributed by atoms with Crippen LogP contribution in [0.5, 0.6) is 0 Å². The highest BCUT2D eigenvalue weighted by atomic mass is 16.5. The molecule has 2 heteroatoms. The lowest BCUT2D eigenvalue weighted by molar-refractivity contribution is -0.0750. The molecule has 0 N–H and O–H groups in total. The summed E-state index contributed by atoms with van der Waals surface area (Å²) < 4.78 is 5.37. The summed E-state index contributed by atoms with van der Waals surface area (Å²) in [5.41, 5.74) is 0.605. The maximum Gasteiger partial charge on any atom is 0.0601 e. The van der Waals surface area contributed by atoms with Gasteiger partial charge in [0.1, 0.15) is 0 Å². The highest BCUT2D eigenvalue weighted by molar-refractivity contribution is 5.04. The number of nitrogens with zero attached hydrogens (tertiary/aromatic N) is 1. The fourth-order valence-electron chi connectivity index (χ4n) is 2.33. The second-order valence-electron chi connectivity index (χ2n) is 4.18. The smallest absolute Gasteiger partial charge is 0.0601 e. The highest BCUT2D eigenvalue weighted by Crippen LogP contribution is 2.39. The summed E-state index contributed by atoms with van der Waals surface area (Å²) in [5.74, 6) is 6.06. The van der Waals surface area contributed by atoms with Crippen molar-refractivity contribution in [2.75, 3.05) is 32.8 Å². The molecule has 0 aromatic carbocycles. The van der Waals surface area contributed by atoms with Gasteiger partial charge in [0.15, 0.2) is 0 Å². The molecular formula is C11H17NO. The van der Waals surface area contributed by atoms with Crippen LogP contribution in [0.3, 0.4) is 0 Å². The average Bonchev–Trinajstić information content (AvgIpc) is 2.13. The second-order valence-corrected chi connectivity index (χ2v) is 4.18. The first-order chi connectivity index (χ1) is 6.35. The van der Waals surface area contributed by atoms with E-state index in [4.69, 9.17) is 4.74 Å². The van der Waals surface area contributed by atoms with Gasteiger partial charge in [-0.25, -0.2) is 0 Å². The summed E-state index contributed by atoms with van der Waals surface area (Å²) >= 11 is 0. The Morgan fingerprint density at radius 2 is 2.00 bits per heavy atom. The van der Waals surface area contributed by atoms with Crippen LogP contribution < -0.4 is 0 Å². The van der Waals surface area contributed by atoms with Gasteiger partial charge in [0.25, 0.3) is 0 Å². The van der Waals surface area contributed by atoms with Gasteiger partial charge in [-0.1, -0.05) is 5.92 Å². The number of rotatable bonds is 1. The van der Waals surface area contributed by atoms with E-state index in [1.807, 2.05) is 6.92 Å². The maximum absolute atomic E-state index is 5.37. The van der Waals surface area contributed by atoms with E-state index in [9.17, 15) is 0 Å². The first-order valence-electron chi connectivity index (χ1n) is 5.04. The van der Waals surface area contributed by atoms with E-state index < -0.39 is 0 Å². The molecule has 0 aliphatic carbocycles. The second kappa shape index (κ2) is 3.69. The molecule has 0 atom stereocenters. The summed E-state index contributed by atoms with van der Waals surface area (Å²) in [6.45, 7) is 7.28. The quantitative estimate of drug-likeness (QED) is 0.559. The first kappa shape index (κ1) is 9.05. The minimum absolute atomic E-state index is 0.605. The lowest BCUT2D eigenvalue weighted by atomic mass is 9.73. The van der Waals surface area contributed by atoms with Gasteiger partial charge in [0, 0.05) is 31.7 Å². The van der Waals surface area contributed by atoms with E-state index in [-0.39, 0.29) is 0 Å². The lowest BCUT2D eigenvalue weighted by Gasteiger charge is -2.51. The summed E-state index contributed by atoms with van der Waals surface area (Å²) in [6.07, 6.45) is 2.51. The minimum Gasteiger partial charge on any atom is -0.381 e. The molecule has 0 radical (unpaired) electrons. The zero-order valence-electron chi connectivity index (χ0n) is 8.31. The van der Waals surface area contributed by atoms with Crippen molar-refractivity contribution in [3.63, 3.8) is 0 Å². The number of hydrogen-bond acceptors (Lipinski definition) is 2. The van der Waals surface area contributed by atoms with Crippen LogP contribution in [0.2, 0.25) is 0 Å². The van der Waals surface area contributed by atoms with Gasteiger partial charge in [-0.3, -0.25) is 4.90 Å². The molecule has 2 saturated heterocycles. The van der Waals surface area contributed by atoms with Crippen molar-refractivity contribution in [1.29, 1.82) is 0 Å². The Balaban J connectivity index is 1.77. The van der Waals surface area contributed by atoms with Gasteiger partial charge < -0.3 is 4.74 Å². The molecule has 2 rings (SSSR count). The fraction of sp³-hybridized carbons (Fsp3) is 0.818. The van der Waals surface area contributed by atoms with Crippen LogP contribution in [0.4, 0.5) is 0 Å². The van der Waals surface area contributed by atoms with Crippen LogP contribution in [0.25, 0.3) is 0 Å². The fourth-order valence-corrected chi connectivity index (χ4v) is 2.33. The van der Waals surface area contributed by atoms with Crippen LogP contribution in [-0.2, 0) is 4.74 Å². The Morgan fingerprint density at radius 1 is 1.31 bits per heavy atom. The predicted molar refractivity (Wildman–Crippen MR) is 52.4 cm³/mol. The van der Waals surface area contributed by atoms with Gasteiger partial charge in [-0.2, -0.15) is 0 Å². The average molecular weight is 179 g/mol. The molecular weight excluding hydrogens is 162 g/mol. The monoisotopic (exact) mass is 179 g/mol. The standard InChI is InChI=1S/C11H17NO/c1-2-3-6-12-9-11(10-12)4-7-13-8-5-11/h4-10H2,1H3. The van der Waals surface area contributed by atoms with E-state index >= 15 is 0 Å². The van der Waals surface area contributed by atoms with Crippen molar-refractivity contribution in [3.05, 3.63) is 0 Å². The van der Waals surface area contributed by atoms with Crippen molar-refractivity contribution in [3.8, 4) is 11.8 Å². The Kier molecular flexibility index (Phi) is 2.57. The minimum atomic E-state index is 0.605. The Labute approximate surface area is 80.2 Å². The van der Waals surface area contributed by atoms with Crippen molar-refractivity contribution in [2.45, 2.75) is 19.8 Å². The van der Waals surface area contributed by atoms with Crippen LogP contribution in [-0.4, -0.2) is 37.7 Å². The molecule has 0 bridgehead atoms. The lowest BCUT2D eigenvalue weighted by Crippen LogP contribution is -2.58. The van der Waals surface area contributed by atoms with Crippen LogP contribution in [0.15, 0.2) is 0 Å². The summed E-state index contributed by atoms with van der Waals surface area (Å²) in [7, 11) is 0. The van der Waals surface area contributed by atoms with E-state index in [2.05, 4.69) is 16.7 Å². The molecule has 72 valence electrons. The zero-order chi connectivity index (χ0) is 9.15. The third kappa shape index (κ3) is 1.87.